The third-order valence-corrected chi connectivity index (χ3v) is 6.79. The van der Waals surface area contributed by atoms with Crippen molar-refractivity contribution in [3.05, 3.63) is 54.9 Å². The molecule has 1 aliphatic heterocycles. The largest absolute Gasteiger partial charge is 0.306 e. The van der Waals surface area contributed by atoms with Gasteiger partial charge >= 0.3 is 0 Å². The highest BCUT2D eigenvalue weighted by Crippen LogP contribution is 2.29. The molecule has 0 amide bonds. The maximum atomic E-state index is 13.1. The molecule has 3 heterocycles. The summed E-state index contributed by atoms with van der Waals surface area (Å²) in [7, 11) is -3.49. The van der Waals surface area contributed by atoms with E-state index in [1.54, 1.807) is 22.5 Å². The molecule has 1 fully saturated rings. The summed E-state index contributed by atoms with van der Waals surface area (Å²) in [4.78, 5) is 4.94. The number of imidazole rings is 1. The summed E-state index contributed by atoms with van der Waals surface area (Å²) in [6.45, 7) is 5.41. The van der Waals surface area contributed by atoms with E-state index in [0.29, 0.717) is 29.8 Å². The molecule has 136 valence electrons. The van der Waals surface area contributed by atoms with Gasteiger partial charge in [0, 0.05) is 31.0 Å². The van der Waals surface area contributed by atoms with E-state index in [0.717, 1.165) is 23.3 Å². The van der Waals surface area contributed by atoms with Gasteiger partial charge in [-0.25, -0.2) is 13.4 Å². The molecular weight excluding hydrogens is 346 g/mol. The highest BCUT2D eigenvalue weighted by molar-refractivity contribution is 7.89. The Kier molecular flexibility index (Phi) is 4.32. The molecule has 26 heavy (non-hydrogen) atoms. The second-order valence-electron chi connectivity index (χ2n) is 7.39. The monoisotopic (exact) mass is 369 g/mol. The van der Waals surface area contributed by atoms with E-state index in [9.17, 15) is 8.42 Å². The van der Waals surface area contributed by atoms with Crippen LogP contribution < -0.4 is 0 Å². The number of sulfonamides is 1. The van der Waals surface area contributed by atoms with Crippen LogP contribution in [0.1, 0.15) is 20.3 Å². The van der Waals surface area contributed by atoms with E-state index in [-0.39, 0.29) is 0 Å². The van der Waals surface area contributed by atoms with Gasteiger partial charge in [0.05, 0.1) is 10.6 Å². The number of nitrogens with zero attached hydrogens (tertiary/aromatic N) is 3. The summed E-state index contributed by atoms with van der Waals surface area (Å²) in [5.74, 6) is 0.769. The average Bonchev–Trinajstić information content (AvgIpc) is 3.05. The van der Waals surface area contributed by atoms with Gasteiger partial charge in [0.2, 0.25) is 10.0 Å². The molecule has 0 N–H and O–H groups in total. The van der Waals surface area contributed by atoms with E-state index in [1.165, 1.54) is 0 Å². The number of rotatable bonds is 3. The van der Waals surface area contributed by atoms with E-state index < -0.39 is 10.0 Å². The number of piperidine rings is 1. The van der Waals surface area contributed by atoms with Crippen LogP contribution in [0, 0.1) is 11.8 Å². The van der Waals surface area contributed by atoms with Crippen LogP contribution in [0.4, 0.5) is 0 Å². The molecule has 2 aromatic heterocycles. The van der Waals surface area contributed by atoms with Crippen molar-refractivity contribution in [2.24, 2.45) is 11.8 Å². The van der Waals surface area contributed by atoms with Crippen molar-refractivity contribution in [2.75, 3.05) is 13.1 Å². The molecule has 0 radical (unpaired) electrons. The van der Waals surface area contributed by atoms with E-state index >= 15 is 0 Å². The second-order valence-corrected chi connectivity index (χ2v) is 9.33. The molecular formula is C20H23N3O2S. The van der Waals surface area contributed by atoms with Crippen molar-refractivity contribution < 1.29 is 8.42 Å². The summed E-state index contributed by atoms with van der Waals surface area (Å²) >= 11 is 0. The molecule has 2 atom stereocenters. The van der Waals surface area contributed by atoms with Gasteiger partial charge in [-0.15, -0.1) is 0 Å². The molecule has 0 spiro atoms. The van der Waals surface area contributed by atoms with Gasteiger partial charge in [0.15, 0.2) is 0 Å². The quantitative estimate of drug-likeness (QED) is 0.708. The van der Waals surface area contributed by atoms with Crippen LogP contribution in [0.15, 0.2) is 59.8 Å². The van der Waals surface area contributed by atoms with Crippen molar-refractivity contribution in [1.82, 2.24) is 13.7 Å². The fraction of sp³-hybridized carbons (Fsp3) is 0.350. The number of pyridine rings is 1. The van der Waals surface area contributed by atoms with Gasteiger partial charge in [0.1, 0.15) is 5.65 Å². The zero-order valence-corrected chi connectivity index (χ0v) is 15.9. The molecule has 3 aromatic rings. The van der Waals surface area contributed by atoms with E-state index in [1.807, 2.05) is 41.1 Å². The zero-order chi connectivity index (χ0) is 18.3. The van der Waals surface area contributed by atoms with Crippen molar-refractivity contribution in [2.45, 2.75) is 25.2 Å². The smallest absolute Gasteiger partial charge is 0.243 e. The summed E-state index contributed by atoms with van der Waals surface area (Å²) in [6, 6.07) is 12.9. The standard InChI is InChI=1S/C20H23N3O2S/c1-15-10-16(2)13-23(12-15)26(24,25)18-7-5-6-17(11-18)19-14-22-9-4-3-8-20(22)21-19/h3-9,11,14-16H,10,12-13H2,1-2H3/t15-,16-/m0/s1. The molecule has 0 bridgehead atoms. The fourth-order valence-corrected chi connectivity index (χ4v) is 5.57. The first kappa shape index (κ1) is 17.2. The van der Waals surface area contributed by atoms with E-state index in [4.69, 9.17) is 0 Å². The molecule has 1 aliphatic rings. The van der Waals surface area contributed by atoms with Crippen molar-refractivity contribution in [3.8, 4) is 11.3 Å². The topological polar surface area (TPSA) is 54.7 Å². The predicted molar refractivity (Wildman–Crippen MR) is 102 cm³/mol. The molecule has 0 unspecified atom stereocenters. The maximum absolute atomic E-state index is 13.1. The number of hydrogen-bond acceptors (Lipinski definition) is 3. The Labute approximate surface area is 154 Å². The Bertz CT molecular complexity index is 999. The van der Waals surface area contributed by atoms with E-state index in [2.05, 4.69) is 18.8 Å². The minimum atomic E-state index is -3.49. The van der Waals surface area contributed by atoms with Gasteiger partial charge < -0.3 is 4.40 Å². The number of aromatic nitrogens is 2. The SMILES string of the molecule is C[C@H]1C[C@H](C)CN(S(=O)(=O)c2cccc(-c3cn4ccccc4n3)c2)C1. The van der Waals surface area contributed by atoms with Crippen LogP contribution in [-0.4, -0.2) is 35.2 Å². The Morgan fingerprint density at radius 3 is 2.54 bits per heavy atom. The average molecular weight is 369 g/mol. The molecule has 4 rings (SSSR count). The molecule has 6 heteroatoms. The fourth-order valence-electron chi connectivity index (χ4n) is 3.84. The molecule has 0 saturated carbocycles. The van der Waals surface area contributed by atoms with Gasteiger partial charge in [-0.3, -0.25) is 0 Å². The number of benzene rings is 1. The normalized spacial score (nSPS) is 21.9. The first-order chi connectivity index (χ1) is 12.4. The Balaban J connectivity index is 1.70. The van der Waals surface area contributed by atoms with Crippen LogP contribution in [0.2, 0.25) is 0 Å². The minimum Gasteiger partial charge on any atom is -0.306 e. The van der Waals surface area contributed by atoms with Crippen LogP contribution in [0.3, 0.4) is 0 Å². The Hall–Kier alpha value is -2.18. The third kappa shape index (κ3) is 3.15. The Morgan fingerprint density at radius 1 is 1.04 bits per heavy atom. The van der Waals surface area contributed by atoms with Crippen molar-refractivity contribution in [3.63, 3.8) is 0 Å². The van der Waals surface area contributed by atoms with Crippen molar-refractivity contribution >= 4 is 15.7 Å². The van der Waals surface area contributed by atoms with Crippen LogP contribution in [0.25, 0.3) is 16.9 Å². The summed E-state index contributed by atoms with van der Waals surface area (Å²) < 4.78 is 29.8. The predicted octanol–water partition coefficient (Wildman–Crippen LogP) is 3.67. The molecule has 0 aliphatic carbocycles. The molecule has 1 aromatic carbocycles. The highest BCUT2D eigenvalue weighted by Gasteiger charge is 2.31. The first-order valence-corrected chi connectivity index (χ1v) is 10.4. The van der Waals surface area contributed by atoms with Gasteiger partial charge in [-0.2, -0.15) is 4.31 Å². The zero-order valence-electron chi connectivity index (χ0n) is 15.0. The highest BCUT2D eigenvalue weighted by atomic mass is 32.2. The lowest BCUT2D eigenvalue weighted by molar-refractivity contribution is 0.222. The minimum absolute atomic E-state index is 0.341. The summed E-state index contributed by atoms with van der Waals surface area (Å²) in [6.07, 6.45) is 4.93. The van der Waals surface area contributed by atoms with Crippen LogP contribution in [0.5, 0.6) is 0 Å². The number of fused-ring (bicyclic) bond motifs is 1. The Morgan fingerprint density at radius 2 is 1.81 bits per heavy atom. The molecule has 5 nitrogen and oxygen atoms in total. The van der Waals surface area contributed by atoms with Gasteiger partial charge in [0.25, 0.3) is 0 Å². The van der Waals surface area contributed by atoms with Crippen LogP contribution in [-0.2, 0) is 10.0 Å². The van der Waals surface area contributed by atoms with Crippen molar-refractivity contribution in [1.29, 1.82) is 0 Å². The lowest BCUT2D eigenvalue weighted by Crippen LogP contribution is -2.42. The van der Waals surface area contributed by atoms with Gasteiger partial charge in [-0.05, 0) is 42.5 Å². The lowest BCUT2D eigenvalue weighted by atomic mass is 9.94. The molecule has 1 saturated heterocycles. The second kappa shape index (κ2) is 6.52. The number of hydrogen-bond donors (Lipinski definition) is 0. The third-order valence-electron chi connectivity index (χ3n) is 4.97. The summed E-state index contributed by atoms with van der Waals surface area (Å²) in [5, 5.41) is 0. The van der Waals surface area contributed by atoms with Gasteiger partial charge in [-0.1, -0.05) is 32.0 Å². The maximum Gasteiger partial charge on any atom is 0.243 e. The first-order valence-electron chi connectivity index (χ1n) is 8.98. The lowest BCUT2D eigenvalue weighted by Gasteiger charge is -2.34. The summed E-state index contributed by atoms with van der Waals surface area (Å²) in [5.41, 5.74) is 2.43. The van der Waals surface area contributed by atoms with Crippen LogP contribution >= 0.6 is 0 Å².